The molecule has 0 saturated carbocycles. The fourth-order valence-electron chi connectivity index (χ4n) is 7.69. The number of carbonyl (C=O) groups excluding carboxylic acids is 2. The molecule has 288 valence electrons. The maximum Gasteiger partial charge on any atom is 0.419 e. The molecule has 3 aliphatic heterocycles. The molecular formula is C41H51ClN6O5S. The Bertz CT molecular complexity index is 1760. The number of piperidine rings is 1. The SMILES string of the molecule is CSc1ccccc1CN1CCN(C(=O)C(NC(=O)OCc2ccccc2)C2CCN(CCc3cc(Cl)ccc3C3=CCN(NC(=O)O)CC3)CC2)CC1. The van der Waals surface area contributed by atoms with Crippen molar-refractivity contribution in [1.82, 2.24) is 30.5 Å². The van der Waals surface area contributed by atoms with Gasteiger partial charge >= 0.3 is 12.2 Å². The van der Waals surface area contributed by atoms with E-state index in [1.165, 1.54) is 21.6 Å². The van der Waals surface area contributed by atoms with Gasteiger partial charge in [0, 0.05) is 62.3 Å². The number of ether oxygens (including phenoxy) is 1. The van der Waals surface area contributed by atoms with Crippen LogP contribution >= 0.6 is 23.4 Å². The number of benzene rings is 3. The lowest BCUT2D eigenvalue weighted by Gasteiger charge is -2.40. The third kappa shape index (κ3) is 11.0. The van der Waals surface area contributed by atoms with Crippen molar-refractivity contribution in [2.75, 3.05) is 65.2 Å². The van der Waals surface area contributed by atoms with Crippen molar-refractivity contribution < 1.29 is 24.2 Å². The Morgan fingerprint density at radius 3 is 2.35 bits per heavy atom. The fraction of sp³-hybridized carbons (Fsp3) is 0.439. The van der Waals surface area contributed by atoms with E-state index >= 15 is 0 Å². The molecular weight excluding hydrogens is 724 g/mol. The van der Waals surface area contributed by atoms with E-state index in [1.807, 2.05) is 47.4 Å². The summed E-state index contributed by atoms with van der Waals surface area (Å²) < 4.78 is 5.61. The quantitative estimate of drug-likeness (QED) is 0.174. The molecule has 3 aromatic carbocycles. The Kier molecular flexibility index (Phi) is 14.3. The summed E-state index contributed by atoms with van der Waals surface area (Å²) >= 11 is 8.21. The van der Waals surface area contributed by atoms with Crippen LogP contribution < -0.4 is 10.7 Å². The average molecular weight is 775 g/mol. The van der Waals surface area contributed by atoms with Gasteiger partial charge in [0.25, 0.3) is 0 Å². The zero-order valence-corrected chi connectivity index (χ0v) is 32.5. The number of amides is 3. The number of thioether (sulfide) groups is 1. The minimum atomic E-state index is -1.06. The molecule has 3 aliphatic rings. The van der Waals surface area contributed by atoms with Gasteiger partial charge in [-0.25, -0.2) is 14.6 Å². The third-order valence-electron chi connectivity index (χ3n) is 10.7. The van der Waals surface area contributed by atoms with E-state index in [-0.39, 0.29) is 18.4 Å². The molecule has 0 aromatic heterocycles. The molecule has 0 bridgehead atoms. The Hall–Kier alpha value is -4.07. The number of likely N-dealkylation sites (tertiary alicyclic amines) is 1. The summed E-state index contributed by atoms with van der Waals surface area (Å²) in [6, 6.07) is 23.4. The van der Waals surface area contributed by atoms with E-state index in [0.717, 1.165) is 76.1 Å². The molecule has 13 heteroatoms. The van der Waals surface area contributed by atoms with Crippen LogP contribution in [0.3, 0.4) is 0 Å². The van der Waals surface area contributed by atoms with Crippen LogP contribution in [0.4, 0.5) is 9.59 Å². The third-order valence-corrected chi connectivity index (χ3v) is 11.8. The molecule has 3 heterocycles. The monoisotopic (exact) mass is 774 g/mol. The van der Waals surface area contributed by atoms with Gasteiger partial charge < -0.3 is 25.0 Å². The average Bonchev–Trinajstić information content (AvgIpc) is 3.19. The van der Waals surface area contributed by atoms with Gasteiger partial charge in [-0.15, -0.1) is 11.8 Å². The largest absolute Gasteiger partial charge is 0.464 e. The van der Waals surface area contributed by atoms with Gasteiger partial charge in [-0.1, -0.05) is 72.3 Å². The van der Waals surface area contributed by atoms with E-state index in [4.69, 9.17) is 21.4 Å². The lowest BCUT2D eigenvalue weighted by molar-refractivity contribution is -0.137. The standard InChI is InChI=1S/C41H51ClN6O5S/c1-54-37-10-6-5-9-34(37)28-46-23-25-47(26-24-46)39(49)38(43-41(52)53-29-30-7-3-2-4-8-30)32-13-18-45(19-14-32)20-15-33-27-35(42)11-12-36(33)31-16-21-48(22-17-31)44-40(50)51/h2-12,16,27,32,38,44H,13-15,17-26,28-29H2,1H3,(H,43,52)(H,50,51). The summed E-state index contributed by atoms with van der Waals surface area (Å²) in [5.74, 6) is -0.0447. The first kappa shape index (κ1) is 39.6. The first-order valence-corrected chi connectivity index (χ1v) is 20.4. The Morgan fingerprint density at radius 2 is 1.65 bits per heavy atom. The smallest absolute Gasteiger partial charge is 0.419 e. The zero-order valence-electron chi connectivity index (χ0n) is 30.9. The van der Waals surface area contributed by atoms with Crippen molar-refractivity contribution in [3.63, 3.8) is 0 Å². The van der Waals surface area contributed by atoms with Crippen molar-refractivity contribution in [3.8, 4) is 0 Å². The summed E-state index contributed by atoms with van der Waals surface area (Å²) in [4.78, 5) is 46.5. The molecule has 11 nitrogen and oxygen atoms in total. The lowest BCUT2D eigenvalue weighted by atomic mass is 9.88. The first-order valence-electron chi connectivity index (χ1n) is 18.8. The predicted molar refractivity (Wildman–Crippen MR) is 213 cm³/mol. The van der Waals surface area contributed by atoms with E-state index in [2.05, 4.69) is 63.2 Å². The Labute approximate surface area is 327 Å². The molecule has 3 amide bonds. The second-order valence-corrected chi connectivity index (χ2v) is 15.5. The molecule has 2 fully saturated rings. The van der Waals surface area contributed by atoms with Crippen molar-refractivity contribution >= 4 is 47.0 Å². The van der Waals surface area contributed by atoms with Gasteiger partial charge in [0.05, 0.1) is 0 Å². The van der Waals surface area contributed by atoms with Crippen molar-refractivity contribution in [2.45, 2.75) is 49.8 Å². The van der Waals surface area contributed by atoms with Crippen molar-refractivity contribution in [1.29, 1.82) is 0 Å². The number of alkyl carbamates (subject to hydrolysis) is 1. The normalized spacial score (nSPS) is 18.1. The van der Waals surface area contributed by atoms with Crippen molar-refractivity contribution in [3.05, 3.63) is 106 Å². The predicted octanol–water partition coefficient (Wildman–Crippen LogP) is 6.23. The van der Waals surface area contributed by atoms with Crippen LogP contribution in [0.15, 0.2) is 83.8 Å². The van der Waals surface area contributed by atoms with E-state index in [1.54, 1.807) is 16.8 Å². The summed E-state index contributed by atoms with van der Waals surface area (Å²) in [5, 5.41) is 14.5. The van der Waals surface area contributed by atoms with Gasteiger partial charge in [-0.3, -0.25) is 15.1 Å². The minimum Gasteiger partial charge on any atom is -0.464 e. The maximum atomic E-state index is 14.2. The van der Waals surface area contributed by atoms with E-state index < -0.39 is 18.2 Å². The summed E-state index contributed by atoms with van der Waals surface area (Å²) in [6.07, 6.45) is 5.66. The number of hydrogen-bond acceptors (Lipinski definition) is 8. The maximum absolute atomic E-state index is 14.2. The number of nitrogens with one attached hydrogen (secondary N) is 2. The molecule has 1 atom stereocenters. The van der Waals surface area contributed by atoms with Gasteiger partial charge in [0.1, 0.15) is 12.6 Å². The molecule has 0 aliphatic carbocycles. The zero-order chi connectivity index (χ0) is 37.9. The van der Waals surface area contributed by atoms with Gasteiger partial charge in [-0.2, -0.15) is 0 Å². The Balaban J connectivity index is 1.06. The number of hydrazine groups is 1. The second kappa shape index (κ2) is 19.5. The number of piperazine rings is 1. The minimum absolute atomic E-state index is 0.0130. The molecule has 3 aromatic rings. The lowest BCUT2D eigenvalue weighted by Crippen LogP contribution is -2.58. The number of carbonyl (C=O) groups is 3. The van der Waals surface area contributed by atoms with Crippen LogP contribution in [-0.4, -0.2) is 114 Å². The van der Waals surface area contributed by atoms with Gasteiger partial charge in [0.15, 0.2) is 0 Å². The van der Waals surface area contributed by atoms with Crippen LogP contribution in [0, 0.1) is 5.92 Å². The molecule has 2 saturated heterocycles. The molecule has 54 heavy (non-hydrogen) atoms. The highest BCUT2D eigenvalue weighted by Gasteiger charge is 2.36. The highest BCUT2D eigenvalue weighted by atomic mass is 35.5. The molecule has 6 rings (SSSR count). The molecule has 3 N–H and O–H groups in total. The van der Waals surface area contributed by atoms with Crippen LogP contribution in [0.1, 0.15) is 41.5 Å². The summed E-state index contributed by atoms with van der Waals surface area (Å²) in [6.45, 7) is 7.34. The number of hydrogen-bond donors (Lipinski definition) is 3. The van der Waals surface area contributed by atoms with Crippen molar-refractivity contribution in [2.24, 2.45) is 5.92 Å². The highest BCUT2D eigenvalue weighted by molar-refractivity contribution is 7.98. The summed E-state index contributed by atoms with van der Waals surface area (Å²) in [7, 11) is 0. The molecule has 0 radical (unpaired) electrons. The fourth-order valence-corrected chi connectivity index (χ4v) is 8.50. The van der Waals surface area contributed by atoms with E-state index in [9.17, 15) is 14.4 Å². The molecule has 1 unspecified atom stereocenters. The van der Waals surface area contributed by atoms with Crippen LogP contribution in [-0.2, 0) is 29.1 Å². The highest BCUT2D eigenvalue weighted by Crippen LogP contribution is 2.29. The summed E-state index contributed by atoms with van der Waals surface area (Å²) in [5.41, 5.74) is 8.15. The first-order chi connectivity index (χ1) is 26.2. The number of halogens is 1. The van der Waals surface area contributed by atoms with Crippen LogP contribution in [0.2, 0.25) is 5.02 Å². The Morgan fingerprint density at radius 1 is 0.907 bits per heavy atom. The topological polar surface area (TPSA) is 118 Å². The van der Waals surface area contributed by atoms with Gasteiger partial charge in [-0.05, 0) is 97.0 Å². The van der Waals surface area contributed by atoms with Gasteiger partial charge in [0.2, 0.25) is 5.91 Å². The van der Waals surface area contributed by atoms with Crippen LogP contribution in [0.25, 0.3) is 5.57 Å². The number of rotatable bonds is 13. The molecule has 0 spiro atoms. The number of carboxylic acid groups (broad SMARTS) is 1. The second-order valence-electron chi connectivity index (χ2n) is 14.2. The number of nitrogens with zero attached hydrogens (tertiary/aromatic N) is 4. The van der Waals surface area contributed by atoms with Crippen LogP contribution in [0.5, 0.6) is 0 Å². The van der Waals surface area contributed by atoms with E-state index in [0.29, 0.717) is 31.2 Å².